The monoisotopic (exact) mass is 544 g/mol. The Hall–Kier alpha value is -2.00. The number of ether oxygens (including phenoxy) is 2. The first kappa shape index (κ1) is 33.2. The van der Waals surface area contributed by atoms with Crippen molar-refractivity contribution in [2.24, 2.45) is 0 Å². The van der Waals surface area contributed by atoms with E-state index in [-0.39, 0.29) is 0 Å². The standard InChI is InChI=1S/C5H4F4O2.C4F10O.C2H2F4O/c6-1-5(9)2-10-4(11-5)3(7)8;5-1(6,3(9,10)11)2(7,8)4(12,13)15-14;3-1-2(4,5)7-6/h1-2H2;;1H2. The zero-order valence-electron chi connectivity index (χ0n) is 14.6. The Bertz CT molecular complexity index is 623. The van der Waals surface area contributed by atoms with E-state index in [1.54, 1.807) is 0 Å². The highest BCUT2D eigenvalue weighted by molar-refractivity contribution is 4.96. The third-order valence-corrected chi connectivity index (χ3v) is 2.53. The molecule has 1 aliphatic rings. The van der Waals surface area contributed by atoms with E-state index in [9.17, 15) is 79.3 Å². The summed E-state index contributed by atoms with van der Waals surface area (Å²) in [6, 6.07) is 0. The lowest BCUT2D eigenvalue weighted by Crippen LogP contribution is -2.61. The Morgan fingerprint density at radius 1 is 0.818 bits per heavy atom. The second-order valence-corrected chi connectivity index (χ2v) is 5.04. The van der Waals surface area contributed by atoms with Crippen LogP contribution in [0.3, 0.4) is 0 Å². The summed E-state index contributed by atoms with van der Waals surface area (Å²) in [5.74, 6) is -18.2. The van der Waals surface area contributed by atoms with Gasteiger partial charge >= 0.3 is 48.1 Å². The van der Waals surface area contributed by atoms with Crippen molar-refractivity contribution in [3.63, 3.8) is 0 Å². The van der Waals surface area contributed by atoms with Gasteiger partial charge in [0.2, 0.25) is 0 Å². The minimum absolute atomic E-state index is 0.837. The van der Waals surface area contributed by atoms with Crippen LogP contribution in [0.1, 0.15) is 0 Å². The van der Waals surface area contributed by atoms with Crippen LogP contribution in [0.15, 0.2) is 12.0 Å². The molecule has 0 bridgehead atoms. The maximum atomic E-state index is 12.6. The molecule has 1 unspecified atom stereocenters. The predicted molar refractivity (Wildman–Crippen MR) is 62.3 cm³/mol. The van der Waals surface area contributed by atoms with Crippen LogP contribution in [-0.4, -0.2) is 56.0 Å². The van der Waals surface area contributed by atoms with Gasteiger partial charge in [-0.05, 0) is 9.05 Å². The number of alkyl halides is 14. The van der Waals surface area contributed by atoms with Crippen molar-refractivity contribution >= 4 is 0 Å². The van der Waals surface area contributed by atoms with Gasteiger partial charge < -0.3 is 9.47 Å². The molecular weight excluding hydrogens is 538 g/mol. The molecule has 0 aromatic rings. The van der Waals surface area contributed by atoms with Gasteiger partial charge in [-0.1, -0.05) is 0 Å². The van der Waals surface area contributed by atoms with Crippen LogP contribution in [0, 0.1) is 0 Å². The van der Waals surface area contributed by atoms with Crippen molar-refractivity contribution in [3.8, 4) is 0 Å². The maximum Gasteiger partial charge on any atom is 0.460 e. The van der Waals surface area contributed by atoms with Gasteiger partial charge in [-0.2, -0.15) is 61.5 Å². The van der Waals surface area contributed by atoms with Gasteiger partial charge in [0.15, 0.2) is 20.0 Å². The van der Waals surface area contributed by atoms with Crippen LogP contribution in [0.5, 0.6) is 0 Å². The van der Waals surface area contributed by atoms with Crippen LogP contribution in [0.25, 0.3) is 0 Å². The quantitative estimate of drug-likeness (QED) is 0.358. The van der Waals surface area contributed by atoms with Crippen LogP contribution in [-0.2, 0) is 19.4 Å². The van der Waals surface area contributed by atoms with Gasteiger partial charge in [-0.3, -0.25) is 0 Å². The summed E-state index contributed by atoms with van der Waals surface area (Å²) in [6.07, 6.45) is -20.1. The van der Waals surface area contributed by atoms with E-state index in [0.717, 1.165) is 4.94 Å². The maximum absolute atomic E-state index is 12.6. The Morgan fingerprint density at radius 3 is 1.45 bits per heavy atom. The number of rotatable bonds is 6. The summed E-state index contributed by atoms with van der Waals surface area (Å²) in [6.45, 7) is -4.48. The molecule has 0 N–H and O–H groups in total. The molecule has 0 amide bonds. The smallest absolute Gasteiger partial charge is 0.454 e. The largest absolute Gasteiger partial charge is 0.460 e. The Morgan fingerprint density at radius 2 is 1.27 bits per heavy atom. The van der Waals surface area contributed by atoms with Crippen molar-refractivity contribution in [2.75, 3.05) is 20.0 Å². The molecule has 0 radical (unpaired) electrons. The molecule has 1 heterocycles. The second-order valence-electron chi connectivity index (χ2n) is 5.04. The van der Waals surface area contributed by atoms with E-state index in [2.05, 4.69) is 9.47 Å². The molecular formula is C11H6F18O4. The second kappa shape index (κ2) is 11.4. The van der Waals surface area contributed by atoms with Crippen LogP contribution in [0.4, 0.5) is 79.3 Å². The molecule has 200 valence electrons. The van der Waals surface area contributed by atoms with Crippen LogP contribution < -0.4 is 0 Å². The summed E-state index contributed by atoms with van der Waals surface area (Å²) in [7, 11) is 0. The lowest BCUT2D eigenvalue weighted by Gasteiger charge is -2.30. The van der Waals surface area contributed by atoms with Crippen LogP contribution >= 0.6 is 0 Å². The van der Waals surface area contributed by atoms with E-state index >= 15 is 0 Å². The van der Waals surface area contributed by atoms with Gasteiger partial charge in [0.05, 0.1) is 0 Å². The summed E-state index contributed by atoms with van der Waals surface area (Å²) in [5.41, 5.74) is 0. The highest BCUT2D eigenvalue weighted by atomic mass is 19.4. The van der Waals surface area contributed by atoms with Gasteiger partial charge in [-0.25, -0.2) is 8.78 Å². The third kappa shape index (κ3) is 8.70. The van der Waals surface area contributed by atoms with Crippen molar-refractivity contribution in [1.82, 2.24) is 0 Å². The fourth-order valence-electron chi connectivity index (χ4n) is 0.987. The van der Waals surface area contributed by atoms with Crippen molar-refractivity contribution in [1.29, 1.82) is 0 Å². The van der Waals surface area contributed by atoms with Gasteiger partial charge in [0, 0.05) is 0 Å². The first-order valence-electron chi connectivity index (χ1n) is 6.86. The Balaban J connectivity index is 0. The minimum atomic E-state index is -7.13. The molecule has 1 aliphatic heterocycles. The number of hydrogen-bond acceptors (Lipinski definition) is 4. The SMILES string of the molecule is FCC(F)(F)OF.FCC1(F)COC(=C(F)F)O1.FOC(F)(F)C(F)(F)C(F)(F)C(F)(F)F. The van der Waals surface area contributed by atoms with E-state index in [1.807, 2.05) is 4.94 Å². The molecule has 0 aliphatic carbocycles. The topological polar surface area (TPSA) is 36.9 Å². The Labute approximate surface area is 168 Å². The predicted octanol–water partition coefficient (Wildman–Crippen LogP) is 6.50. The van der Waals surface area contributed by atoms with E-state index in [1.165, 1.54) is 0 Å². The molecule has 0 aromatic carbocycles. The fourth-order valence-corrected chi connectivity index (χ4v) is 0.987. The molecule has 22 heteroatoms. The molecule has 0 aromatic heterocycles. The minimum Gasteiger partial charge on any atom is -0.454 e. The van der Waals surface area contributed by atoms with Crippen molar-refractivity contribution in [3.05, 3.63) is 12.0 Å². The molecule has 0 saturated carbocycles. The summed E-state index contributed by atoms with van der Waals surface area (Å²) in [5, 5.41) is 0. The average Bonchev–Trinajstić information content (AvgIpc) is 3.11. The van der Waals surface area contributed by atoms with E-state index < -0.39 is 68.1 Å². The molecule has 33 heavy (non-hydrogen) atoms. The molecule has 1 fully saturated rings. The van der Waals surface area contributed by atoms with Gasteiger partial charge in [0.25, 0.3) is 0 Å². The number of halogens is 18. The molecule has 4 nitrogen and oxygen atoms in total. The fraction of sp³-hybridized carbons (Fsp3) is 0.818. The molecule has 0 spiro atoms. The zero-order chi connectivity index (χ0) is 27.1. The van der Waals surface area contributed by atoms with Crippen molar-refractivity contribution in [2.45, 2.75) is 36.1 Å². The highest BCUT2D eigenvalue weighted by Gasteiger charge is 2.83. The van der Waals surface area contributed by atoms with Gasteiger partial charge in [0.1, 0.15) is 0 Å². The first-order valence-corrected chi connectivity index (χ1v) is 6.86. The summed E-state index contributed by atoms with van der Waals surface area (Å²) >= 11 is 0. The lowest BCUT2D eigenvalue weighted by atomic mass is 10.1. The first-order chi connectivity index (χ1) is 14.5. The molecule has 1 atom stereocenters. The highest BCUT2D eigenvalue weighted by Crippen LogP contribution is 2.53. The zero-order valence-corrected chi connectivity index (χ0v) is 14.6. The third-order valence-electron chi connectivity index (χ3n) is 2.53. The Kier molecular flexibility index (Phi) is 11.5. The van der Waals surface area contributed by atoms with E-state index in [0.29, 0.717) is 0 Å². The van der Waals surface area contributed by atoms with Crippen molar-refractivity contribution < 1.29 is 98.7 Å². The number of hydrogen-bond donors (Lipinski definition) is 0. The normalized spacial score (nSPS) is 19.5. The van der Waals surface area contributed by atoms with Gasteiger partial charge in [-0.15, -0.1) is 9.88 Å². The van der Waals surface area contributed by atoms with E-state index in [4.69, 9.17) is 0 Å². The lowest BCUT2D eigenvalue weighted by molar-refractivity contribution is -0.481. The summed E-state index contributed by atoms with van der Waals surface area (Å²) in [4.78, 5) is 3.00. The summed E-state index contributed by atoms with van der Waals surface area (Å²) < 4.78 is 213. The van der Waals surface area contributed by atoms with Crippen LogP contribution in [0.2, 0.25) is 0 Å². The molecule has 1 rings (SSSR count). The molecule has 1 saturated heterocycles. The average molecular weight is 544 g/mol.